The fraction of sp³-hybridized carbons (Fsp3) is 0.500. The number of carbonyl (C=O) groups is 2. The summed E-state index contributed by atoms with van der Waals surface area (Å²) >= 11 is 0. The Kier molecular flexibility index (Phi) is 4.50. The minimum Gasteiger partial charge on any atom is -0.480 e. The van der Waals surface area contributed by atoms with Gasteiger partial charge in [0.25, 0.3) is 0 Å². The second-order valence-electron chi connectivity index (χ2n) is 3.55. The van der Waals surface area contributed by atoms with Gasteiger partial charge in [0.2, 0.25) is 0 Å². The molecule has 0 radical (unpaired) electrons. The lowest BCUT2D eigenvalue weighted by Crippen LogP contribution is -2.45. The number of aromatic nitrogens is 1. The Labute approximate surface area is 98.2 Å². The summed E-state index contributed by atoms with van der Waals surface area (Å²) in [6.45, 7) is 3.62. The Bertz CT molecular complexity index is 402. The highest BCUT2D eigenvalue weighted by molar-refractivity contribution is 5.82. The van der Waals surface area contributed by atoms with Gasteiger partial charge in [0, 0.05) is 6.07 Å². The van der Waals surface area contributed by atoms with Crippen molar-refractivity contribution >= 4 is 12.0 Å². The molecule has 0 fully saturated rings. The molecule has 0 aromatic carbocycles. The number of rotatable bonds is 5. The third-order valence-electron chi connectivity index (χ3n) is 2.12. The van der Waals surface area contributed by atoms with E-state index in [-0.39, 0.29) is 6.54 Å². The third-order valence-corrected chi connectivity index (χ3v) is 2.12. The first-order valence-corrected chi connectivity index (χ1v) is 5.22. The molecule has 1 heterocycles. The number of aliphatic carboxylic acids is 1. The molecule has 1 atom stereocenters. The molecule has 0 unspecified atom stereocenters. The van der Waals surface area contributed by atoms with Gasteiger partial charge < -0.3 is 20.3 Å². The molecule has 1 rings (SSSR count). The molecule has 7 heteroatoms. The minimum atomic E-state index is -1.06. The van der Waals surface area contributed by atoms with Gasteiger partial charge in [-0.05, 0) is 13.3 Å². The fourth-order valence-electron chi connectivity index (χ4n) is 1.22. The first kappa shape index (κ1) is 13.0. The van der Waals surface area contributed by atoms with E-state index in [9.17, 15) is 9.59 Å². The second kappa shape index (κ2) is 5.88. The van der Waals surface area contributed by atoms with Crippen LogP contribution in [0, 0.1) is 6.92 Å². The van der Waals surface area contributed by atoms with Crippen LogP contribution in [0.15, 0.2) is 10.6 Å². The molecule has 0 aliphatic rings. The maximum Gasteiger partial charge on any atom is 0.326 e. The zero-order chi connectivity index (χ0) is 12.8. The monoisotopic (exact) mass is 241 g/mol. The van der Waals surface area contributed by atoms with Gasteiger partial charge in [-0.2, -0.15) is 0 Å². The number of carbonyl (C=O) groups excluding carboxylic acids is 1. The van der Waals surface area contributed by atoms with Crippen LogP contribution in [0.5, 0.6) is 0 Å². The standard InChI is InChI=1S/C10H15N3O4/c1-3-8(9(14)15)12-10(16)11-5-7-4-6(2)17-13-7/h4,8H,3,5H2,1-2H3,(H,14,15)(H2,11,12,16)/t8-/m1/s1. The SMILES string of the molecule is CC[C@@H](NC(=O)NCc1cc(C)on1)C(=O)O. The third kappa shape index (κ3) is 4.13. The molecule has 94 valence electrons. The predicted octanol–water partition coefficient (Wildman–Crippen LogP) is 0.645. The Morgan fingerprint density at radius 2 is 2.29 bits per heavy atom. The van der Waals surface area contributed by atoms with Crippen LogP contribution in [0.2, 0.25) is 0 Å². The van der Waals surface area contributed by atoms with Crippen LogP contribution in [0.3, 0.4) is 0 Å². The van der Waals surface area contributed by atoms with Crippen molar-refractivity contribution in [2.45, 2.75) is 32.9 Å². The predicted molar refractivity (Wildman–Crippen MR) is 58.3 cm³/mol. The Morgan fingerprint density at radius 1 is 1.59 bits per heavy atom. The molecule has 0 bridgehead atoms. The number of urea groups is 1. The van der Waals surface area contributed by atoms with Crippen LogP contribution >= 0.6 is 0 Å². The van der Waals surface area contributed by atoms with Gasteiger partial charge in [-0.15, -0.1) is 0 Å². The van der Waals surface area contributed by atoms with E-state index in [2.05, 4.69) is 15.8 Å². The zero-order valence-corrected chi connectivity index (χ0v) is 9.69. The van der Waals surface area contributed by atoms with Crippen LogP contribution in [0.25, 0.3) is 0 Å². The molecular weight excluding hydrogens is 226 g/mol. The number of carboxylic acid groups (broad SMARTS) is 1. The number of hydrogen-bond donors (Lipinski definition) is 3. The van der Waals surface area contributed by atoms with E-state index >= 15 is 0 Å². The van der Waals surface area contributed by atoms with E-state index in [1.54, 1.807) is 19.9 Å². The maximum absolute atomic E-state index is 11.4. The number of aryl methyl sites for hydroxylation is 1. The average Bonchev–Trinajstić information content (AvgIpc) is 2.68. The normalized spacial score (nSPS) is 11.9. The molecule has 0 aliphatic heterocycles. The Hall–Kier alpha value is -2.05. The molecule has 7 nitrogen and oxygen atoms in total. The summed E-state index contributed by atoms with van der Waals surface area (Å²) in [7, 11) is 0. The molecule has 0 spiro atoms. The molecule has 0 saturated heterocycles. The van der Waals surface area contributed by atoms with Crippen LogP contribution in [0.4, 0.5) is 4.79 Å². The highest BCUT2D eigenvalue weighted by Crippen LogP contribution is 2.00. The van der Waals surface area contributed by atoms with Gasteiger partial charge >= 0.3 is 12.0 Å². The van der Waals surface area contributed by atoms with Crippen LogP contribution < -0.4 is 10.6 Å². The van der Waals surface area contributed by atoms with E-state index in [0.717, 1.165) is 0 Å². The van der Waals surface area contributed by atoms with Crippen molar-refractivity contribution < 1.29 is 19.2 Å². The van der Waals surface area contributed by atoms with Crippen molar-refractivity contribution in [1.82, 2.24) is 15.8 Å². The lowest BCUT2D eigenvalue weighted by Gasteiger charge is -2.12. The lowest BCUT2D eigenvalue weighted by molar-refractivity contribution is -0.139. The van der Waals surface area contributed by atoms with E-state index in [1.807, 2.05) is 0 Å². The van der Waals surface area contributed by atoms with Crippen LogP contribution in [-0.2, 0) is 11.3 Å². The fourth-order valence-corrected chi connectivity index (χ4v) is 1.22. The van der Waals surface area contributed by atoms with Gasteiger partial charge in [-0.25, -0.2) is 9.59 Å². The van der Waals surface area contributed by atoms with Crippen molar-refractivity contribution in [3.63, 3.8) is 0 Å². The largest absolute Gasteiger partial charge is 0.480 e. The topological polar surface area (TPSA) is 104 Å². The molecule has 2 amide bonds. The number of nitrogens with one attached hydrogen (secondary N) is 2. The molecule has 1 aromatic heterocycles. The van der Waals surface area contributed by atoms with E-state index < -0.39 is 18.0 Å². The van der Waals surface area contributed by atoms with Gasteiger partial charge in [-0.3, -0.25) is 0 Å². The summed E-state index contributed by atoms with van der Waals surface area (Å²) in [6, 6.07) is 0.267. The highest BCUT2D eigenvalue weighted by Gasteiger charge is 2.17. The van der Waals surface area contributed by atoms with E-state index in [0.29, 0.717) is 17.9 Å². The molecule has 17 heavy (non-hydrogen) atoms. The van der Waals surface area contributed by atoms with Crippen molar-refractivity contribution in [3.05, 3.63) is 17.5 Å². The lowest BCUT2D eigenvalue weighted by atomic mass is 10.2. The van der Waals surface area contributed by atoms with Crippen molar-refractivity contribution in [1.29, 1.82) is 0 Å². The zero-order valence-electron chi connectivity index (χ0n) is 9.69. The van der Waals surface area contributed by atoms with Crippen LogP contribution in [-0.4, -0.2) is 28.3 Å². The summed E-state index contributed by atoms with van der Waals surface area (Å²) in [5, 5.41) is 17.3. The summed E-state index contributed by atoms with van der Waals surface area (Å²) in [5.74, 6) is -0.404. The number of amides is 2. The van der Waals surface area contributed by atoms with Gasteiger partial charge in [0.05, 0.1) is 6.54 Å². The van der Waals surface area contributed by atoms with Crippen molar-refractivity contribution in [2.24, 2.45) is 0 Å². The van der Waals surface area contributed by atoms with Gasteiger partial charge in [0.1, 0.15) is 17.5 Å². The summed E-state index contributed by atoms with van der Waals surface area (Å²) in [6.07, 6.45) is 0.325. The molecule has 0 aliphatic carbocycles. The first-order valence-electron chi connectivity index (χ1n) is 5.22. The molecule has 0 saturated carbocycles. The number of nitrogens with zero attached hydrogens (tertiary/aromatic N) is 1. The van der Waals surface area contributed by atoms with E-state index in [4.69, 9.17) is 9.63 Å². The van der Waals surface area contributed by atoms with Crippen molar-refractivity contribution in [3.8, 4) is 0 Å². The molecular formula is C10H15N3O4. The maximum atomic E-state index is 11.4. The summed E-state index contributed by atoms with van der Waals surface area (Å²) in [4.78, 5) is 22.0. The smallest absolute Gasteiger partial charge is 0.326 e. The highest BCUT2D eigenvalue weighted by atomic mass is 16.5. The van der Waals surface area contributed by atoms with Crippen molar-refractivity contribution in [2.75, 3.05) is 0 Å². The van der Waals surface area contributed by atoms with E-state index in [1.165, 1.54) is 0 Å². The minimum absolute atomic E-state index is 0.194. The average molecular weight is 241 g/mol. The molecule has 3 N–H and O–H groups in total. The summed E-state index contributed by atoms with van der Waals surface area (Å²) < 4.78 is 4.82. The van der Waals surface area contributed by atoms with Gasteiger partial charge in [-0.1, -0.05) is 12.1 Å². The number of carboxylic acids is 1. The van der Waals surface area contributed by atoms with Gasteiger partial charge in [0.15, 0.2) is 0 Å². The Morgan fingerprint density at radius 3 is 2.76 bits per heavy atom. The van der Waals surface area contributed by atoms with Crippen LogP contribution in [0.1, 0.15) is 24.8 Å². The first-order chi connectivity index (χ1) is 8.02. The quantitative estimate of drug-likeness (QED) is 0.701. The Balaban J connectivity index is 2.37. The molecule has 1 aromatic rings. The summed E-state index contributed by atoms with van der Waals surface area (Å²) in [5.41, 5.74) is 0.584. The second-order valence-corrected chi connectivity index (χ2v) is 3.55. The number of hydrogen-bond acceptors (Lipinski definition) is 4.